The van der Waals surface area contributed by atoms with E-state index in [-0.39, 0.29) is 17.1 Å². The van der Waals surface area contributed by atoms with E-state index < -0.39 is 10.0 Å². The first-order valence-corrected chi connectivity index (χ1v) is 11.8. The Morgan fingerprint density at radius 2 is 1.72 bits per heavy atom. The summed E-state index contributed by atoms with van der Waals surface area (Å²) in [7, 11) is -3.58. The maximum atomic E-state index is 13.4. The number of rotatable bonds is 6. The van der Waals surface area contributed by atoms with Gasteiger partial charge in [0, 0.05) is 17.8 Å². The van der Waals surface area contributed by atoms with Crippen LogP contribution < -0.4 is 0 Å². The molecule has 1 heterocycles. The Labute approximate surface area is 177 Å². The zero-order valence-electron chi connectivity index (χ0n) is 16.0. The highest BCUT2D eigenvalue weighted by Crippen LogP contribution is 2.32. The van der Waals surface area contributed by atoms with Crippen LogP contribution >= 0.6 is 12.6 Å². The van der Waals surface area contributed by atoms with Crippen LogP contribution in [0.2, 0.25) is 0 Å². The molecule has 0 bridgehead atoms. The summed E-state index contributed by atoms with van der Waals surface area (Å²) in [5, 5.41) is 1.99. The Morgan fingerprint density at radius 1 is 1.00 bits per heavy atom. The van der Waals surface area contributed by atoms with E-state index in [1.165, 1.54) is 12.1 Å². The van der Waals surface area contributed by atoms with E-state index in [2.05, 4.69) is 12.6 Å². The summed E-state index contributed by atoms with van der Waals surface area (Å²) >= 11 is 4.57. The van der Waals surface area contributed by atoms with E-state index in [4.69, 9.17) is 0 Å². The predicted octanol–water partition coefficient (Wildman–Crippen LogP) is 5.06. The number of hydrogen-bond donors (Lipinski definition) is 1. The van der Waals surface area contributed by atoms with Gasteiger partial charge in [-0.1, -0.05) is 42.5 Å². The lowest BCUT2D eigenvalue weighted by atomic mass is 10.0. The largest absolute Gasteiger partial charge is 0.243 e. The number of benzene rings is 3. The minimum atomic E-state index is -3.58. The van der Waals surface area contributed by atoms with Gasteiger partial charge >= 0.3 is 0 Å². The number of fused-ring (bicyclic) bond motifs is 1. The molecular weight excluding hydrogens is 405 g/mol. The molecule has 6 heteroatoms. The molecule has 0 aromatic heterocycles. The Hall–Kier alpha value is -1.89. The third-order valence-electron chi connectivity index (χ3n) is 5.59. The average molecular weight is 430 g/mol. The van der Waals surface area contributed by atoms with Crippen LogP contribution in [0.1, 0.15) is 24.8 Å². The number of aryl methyl sites for hydroxylation is 1. The average Bonchev–Trinajstić information content (AvgIpc) is 3.10. The van der Waals surface area contributed by atoms with E-state index in [1.54, 1.807) is 28.6 Å². The Kier molecular flexibility index (Phi) is 5.95. The number of sulfonamides is 1. The quantitative estimate of drug-likeness (QED) is 0.556. The SMILES string of the molecule is O=S(=O)(c1ccc2ccccc2c1)N1CC(S)CC1CCCc1ccc(F)cc1. The Morgan fingerprint density at radius 3 is 2.48 bits per heavy atom. The summed E-state index contributed by atoms with van der Waals surface area (Å²) in [5.74, 6) is -0.241. The van der Waals surface area contributed by atoms with Crippen LogP contribution in [0.25, 0.3) is 10.8 Å². The third kappa shape index (κ3) is 4.49. The second-order valence-corrected chi connectivity index (χ2v) is 10.3. The van der Waals surface area contributed by atoms with Crippen molar-refractivity contribution in [2.75, 3.05) is 6.54 Å². The highest BCUT2D eigenvalue weighted by Gasteiger charge is 2.38. The second kappa shape index (κ2) is 8.46. The van der Waals surface area contributed by atoms with Crippen molar-refractivity contribution in [3.05, 3.63) is 78.1 Å². The van der Waals surface area contributed by atoms with E-state index in [9.17, 15) is 12.8 Å². The fraction of sp³-hybridized carbons (Fsp3) is 0.304. The van der Waals surface area contributed by atoms with Gasteiger partial charge in [-0.05, 0) is 66.3 Å². The molecule has 0 spiro atoms. The van der Waals surface area contributed by atoms with Gasteiger partial charge in [0.1, 0.15) is 5.82 Å². The zero-order chi connectivity index (χ0) is 20.4. The lowest BCUT2D eigenvalue weighted by Crippen LogP contribution is -2.35. The molecule has 2 atom stereocenters. The van der Waals surface area contributed by atoms with Gasteiger partial charge in [-0.25, -0.2) is 12.8 Å². The van der Waals surface area contributed by atoms with E-state index in [0.29, 0.717) is 11.4 Å². The van der Waals surface area contributed by atoms with Crippen LogP contribution in [-0.2, 0) is 16.4 Å². The lowest BCUT2D eigenvalue weighted by molar-refractivity contribution is 0.364. The van der Waals surface area contributed by atoms with E-state index in [0.717, 1.165) is 42.0 Å². The summed E-state index contributed by atoms with van der Waals surface area (Å²) in [6.45, 7) is 0.430. The van der Waals surface area contributed by atoms with Crippen LogP contribution in [0.15, 0.2) is 71.6 Å². The molecule has 152 valence electrons. The summed E-state index contributed by atoms with van der Waals surface area (Å²) in [5.41, 5.74) is 1.07. The van der Waals surface area contributed by atoms with Crippen LogP contribution in [-0.4, -0.2) is 30.6 Å². The maximum absolute atomic E-state index is 13.4. The molecule has 0 amide bonds. The van der Waals surface area contributed by atoms with Gasteiger partial charge in [0.15, 0.2) is 0 Å². The first-order valence-electron chi connectivity index (χ1n) is 9.86. The van der Waals surface area contributed by atoms with Crippen LogP contribution in [0.4, 0.5) is 4.39 Å². The van der Waals surface area contributed by atoms with Gasteiger partial charge < -0.3 is 0 Å². The third-order valence-corrected chi connectivity index (χ3v) is 7.87. The number of halogens is 1. The van der Waals surface area contributed by atoms with Crippen molar-refractivity contribution in [1.82, 2.24) is 4.31 Å². The lowest BCUT2D eigenvalue weighted by Gasteiger charge is -2.24. The van der Waals surface area contributed by atoms with Crippen molar-refractivity contribution < 1.29 is 12.8 Å². The van der Waals surface area contributed by atoms with Crippen molar-refractivity contribution in [3.63, 3.8) is 0 Å². The van der Waals surface area contributed by atoms with Gasteiger partial charge in [0.2, 0.25) is 10.0 Å². The van der Waals surface area contributed by atoms with Crippen LogP contribution in [0, 0.1) is 5.82 Å². The normalized spacial score (nSPS) is 20.3. The molecule has 3 aromatic rings. The molecule has 3 aromatic carbocycles. The molecule has 0 aliphatic carbocycles. The fourth-order valence-corrected chi connectivity index (χ4v) is 6.35. The smallest absolute Gasteiger partial charge is 0.207 e. The van der Waals surface area contributed by atoms with Crippen molar-refractivity contribution >= 4 is 33.4 Å². The molecule has 4 rings (SSSR count). The second-order valence-electron chi connectivity index (χ2n) is 7.65. The number of nitrogens with zero attached hydrogens (tertiary/aromatic N) is 1. The van der Waals surface area contributed by atoms with Crippen molar-refractivity contribution in [1.29, 1.82) is 0 Å². The summed E-state index contributed by atoms with van der Waals surface area (Å²) < 4.78 is 41.4. The van der Waals surface area contributed by atoms with Crippen LogP contribution in [0.5, 0.6) is 0 Å². The van der Waals surface area contributed by atoms with Gasteiger partial charge in [0.05, 0.1) is 4.90 Å². The minimum absolute atomic E-state index is 0.0426. The first kappa shape index (κ1) is 20.4. The Balaban J connectivity index is 1.50. The molecule has 3 nitrogen and oxygen atoms in total. The molecule has 1 saturated heterocycles. The van der Waals surface area contributed by atoms with Gasteiger partial charge in [-0.3, -0.25) is 0 Å². The van der Waals surface area contributed by atoms with Gasteiger partial charge in [-0.2, -0.15) is 16.9 Å². The van der Waals surface area contributed by atoms with E-state index in [1.807, 2.05) is 30.3 Å². The molecule has 29 heavy (non-hydrogen) atoms. The van der Waals surface area contributed by atoms with E-state index >= 15 is 0 Å². The molecule has 0 radical (unpaired) electrons. The monoisotopic (exact) mass is 429 g/mol. The highest BCUT2D eigenvalue weighted by molar-refractivity contribution is 7.89. The predicted molar refractivity (Wildman–Crippen MR) is 118 cm³/mol. The zero-order valence-corrected chi connectivity index (χ0v) is 17.7. The van der Waals surface area contributed by atoms with Crippen molar-refractivity contribution in [2.24, 2.45) is 0 Å². The molecule has 0 N–H and O–H groups in total. The fourth-order valence-electron chi connectivity index (χ4n) is 4.08. The molecule has 2 unspecified atom stereocenters. The van der Waals surface area contributed by atoms with Crippen molar-refractivity contribution in [3.8, 4) is 0 Å². The Bertz CT molecular complexity index is 1100. The first-order chi connectivity index (χ1) is 13.9. The topological polar surface area (TPSA) is 37.4 Å². The molecule has 1 aliphatic heterocycles. The summed E-state index contributed by atoms with van der Waals surface area (Å²) in [6, 6.07) is 19.5. The standard InChI is InChI=1S/C23H24FNO2S2/c24-20-11-8-17(9-12-20)4-3-7-21-15-22(28)16-25(21)29(26,27)23-13-10-18-5-1-2-6-19(18)14-23/h1-2,5-6,8-14,21-22,28H,3-4,7,15-16H2. The number of thiol groups is 1. The molecular formula is C23H24FNO2S2. The summed E-state index contributed by atoms with van der Waals surface area (Å²) in [6.07, 6.45) is 3.17. The summed E-state index contributed by atoms with van der Waals surface area (Å²) in [4.78, 5) is 0.335. The van der Waals surface area contributed by atoms with Gasteiger partial charge in [-0.15, -0.1) is 0 Å². The van der Waals surface area contributed by atoms with Crippen LogP contribution in [0.3, 0.4) is 0 Å². The maximum Gasteiger partial charge on any atom is 0.243 e. The molecule has 1 aliphatic rings. The number of hydrogen-bond acceptors (Lipinski definition) is 3. The molecule has 1 fully saturated rings. The highest BCUT2D eigenvalue weighted by atomic mass is 32.2. The molecule has 0 saturated carbocycles. The van der Waals surface area contributed by atoms with Gasteiger partial charge in [0.25, 0.3) is 0 Å². The van der Waals surface area contributed by atoms with Crippen molar-refractivity contribution in [2.45, 2.75) is 41.9 Å². The minimum Gasteiger partial charge on any atom is -0.207 e.